The molecule has 0 aliphatic carbocycles. The van der Waals surface area contributed by atoms with E-state index in [9.17, 15) is 33.6 Å². The number of thioether (sulfide) groups is 1. The minimum Gasteiger partial charge on any atom is -0.463 e. The number of carbonyl (C=O) groups is 7. The number of hydrogen-bond donors (Lipinski definition) is 0. The van der Waals surface area contributed by atoms with Crippen LogP contribution in [-0.4, -0.2) is 122 Å². The quantitative estimate of drug-likeness (QED) is 0.0756. The number of carbonyl (C=O) groups excluding carboxylic acids is 7. The molecule has 2 heterocycles. The van der Waals surface area contributed by atoms with Crippen LogP contribution in [-0.2, 0) is 80.9 Å². The molecule has 2 fully saturated rings. The predicted octanol–water partition coefficient (Wildman–Crippen LogP) is 4.26. The van der Waals surface area contributed by atoms with E-state index >= 15 is 0 Å². The maximum absolute atomic E-state index is 12.4. The van der Waals surface area contributed by atoms with E-state index in [0.717, 1.165) is 78.4 Å². The topological polar surface area (TPSA) is 212 Å². The van der Waals surface area contributed by atoms with Crippen molar-refractivity contribution in [2.24, 2.45) is 0 Å². The smallest absolute Gasteiger partial charge is 0.303 e. The molecule has 0 unspecified atom stereocenters. The summed E-state index contributed by atoms with van der Waals surface area (Å²) >= 11 is 1.39. The molecule has 0 aromatic carbocycles. The van der Waals surface area contributed by atoms with Gasteiger partial charge in [0.1, 0.15) is 37.6 Å². The molecular weight excluding hydrogens is 760 g/mol. The molecule has 0 bridgehead atoms. The van der Waals surface area contributed by atoms with Crippen molar-refractivity contribution in [3.05, 3.63) is 0 Å². The zero-order chi connectivity index (χ0) is 41.6. The summed E-state index contributed by atoms with van der Waals surface area (Å²) in [4.78, 5) is 83.8. The van der Waals surface area contributed by atoms with Gasteiger partial charge in [0.25, 0.3) is 0 Å². The zero-order valence-corrected chi connectivity index (χ0v) is 34.5. The second-order valence-electron chi connectivity index (χ2n) is 13.7. The highest BCUT2D eigenvalue weighted by molar-refractivity contribution is 8.13. The monoisotopic (exact) mass is 820 g/mol. The van der Waals surface area contributed by atoms with Crippen LogP contribution in [0.25, 0.3) is 0 Å². The Morgan fingerprint density at radius 2 is 0.982 bits per heavy atom. The van der Waals surface area contributed by atoms with Crippen LogP contribution in [0.2, 0.25) is 0 Å². The number of ether oxygens (including phenoxy) is 10. The van der Waals surface area contributed by atoms with E-state index in [2.05, 4.69) is 0 Å². The summed E-state index contributed by atoms with van der Waals surface area (Å²) in [6.07, 6.45) is -0.946. The molecule has 0 spiro atoms. The van der Waals surface area contributed by atoms with Gasteiger partial charge in [-0.3, -0.25) is 33.6 Å². The fourth-order valence-corrected chi connectivity index (χ4v) is 6.97. The van der Waals surface area contributed by atoms with Crippen molar-refractivity contribution in [2.75, 3.05) is 25.6 Å². The van der Waals surface area contributed by atoms with E-state index in [1.54, 1.807) is 6.92 Å². The normalized spacial score (nSPS) is 26.0. The van der Waals surface area contributed by atoms with Crippen molar-refractivity contribution in [3.8, 4) is 0 Å². The predicted molar refractivity (Wildman–Crippen MR) is 198 cm³/mol. The maximum atomic E-state index is 12.4. The molecule has 320 valence electrons. The summed E-state index contributed by atoms with van der Waals surface area (Å²) in [7, 11) is 0. The number of esters is 6. The van der Waals surface area contributed by atoms with Gasteiger partial charge in [0, 0.05) is 67.2 Å². The molecule has 2 saturated heterocycles. The number of hydrogen-bond acceptors (Lipinski definition) is 18. The van der Waals surface area contributed by atoms with Crippen molar-refractivity contribution in [1.29, 1.82) is 0 Å². The van der Waals surface area contributed by atoms with Crippen LogP contribution in [0.15, 0.2) is 0 Å². The summed E-state index contributed by atoms with van der Waals surface area (Å²) in [5.41, 5.74) is 0. The Hall–Kier alpha value is -3.32. The molecule has 0 N–H and O–H groups in total. The Balaban J connectivity index is 2.15. The van der Waals surface area contributed by atoms with E-state index in [1.165, 1.54) is 44.9 Å². The largest absolute Gasteiger partial charge is 0.463 e. The molecule has 9 atom stereocenters. The van der Waals surface area contributed by atoms with Gasteiger partial charge >= 0.3 is 35.8 Å². The molecule has 17 nitrogen and oxygen atoms in total. The molecule has 0 aromatic rings. The second-order valence-corrected chi connectivity index (χ2v) is 15.0. The van der Waals surface area contributed by atoms with Gasteiger partial charge in [-0.05, 0) is 12.8 Å². The fourth-order valence-electron chi connectivity index (χ4n) is 6.34. The first-order valence-corrected chi connectivity index (χ1v) is 20.2. The summed E-state index contributed by atoms with van der Waals surface area (Å²) < 4.78 is 57.2. The lowest BCUT2D eigenvalue weighted by Gasteiger charge is -2.47. The van der Waals surface area contributed by atoms with E-state index in [0.29, 0.717) is 6.61 Å². The molecule has 0 amide bonds. The third-order valence-corrected chi connectivity index (χ3v) is 9.54. The maximum Gasteiger partial charge on any atom is 0.303 e. The van der Waals surface area contributed by atoms with Gasteiger partial charge in [0.15, 0.2) is 36.0 Å². The lowest BCUT2D eigenvalue weighted by Crippen LogP contribution is -2.65. The summed E-state index contributed by atoms with van der Waals surface area (Å²) in [6.45, 7) is 7.94. The van der Waals surface area contributed by atoms with Crippen molar-refractivity contribution in [3.63, 3.8) is 0 Å². The Bertz CT molecular complexity index is 1280. The van der Waals surface area contributed by atoms with E-state index in [4.69, 9.17) is 47.4 Å². The molecule has 0 aromatic heterocycles. The van der Waals surface area contributed by atoms with Gasteiger partial charge in [-0.1, -0.05) is 63.1 Å². The van der Waals surface area contributed by atoms with Crippen molar-refractivity contribution in [1.82, 2.24) is 0 Å². The van der Waals surface area contributed by atoms with Gasteiger partial charge in [0.05, 0.1) is 0 Å². The first-order valence-electron chi connectivity index (χ1n) is 19.2. The summed E-state index contributed by atoms with van der Waals surface area (Å²) in [5.74, 6) is -3.55. The van der Waals surface area contributed by atoms with Gasteiger partial charge in [-0.2, -0.15) is 0 Å². The average molecular weight is 821 g/mol. The molecular formula is C38H60O17S. The van der Waals surface area contributed by atoms with Crippen molar-refractivity contribution in [2.45, 2.75) is 174 Å². The number of rotatable bonds is 24. The Labute approximate surface area is 333 Å². The Morgan fingerprint density at radius 3 is 1.48 bits per heavy atom. The minimum atomic E-state index is -1.61. The van der Waals surface area contributed by atoms with Gasteiger partial charge in [-0.25, -0.2) is 0 Å². The van der Waals surface area contributed by atoms with Crippen LogP contribution in [0.1, 0.15) is 119 Å². The minimum absolute atomic E-state index is 0.000463. The first kappa shape index (κ1) is 48.8. The van der Waals surface area contributed by atoms with Gasteiger partial charge in [0.2, 0.25) is 0 Å². The molecule has 18 heteroatoms. The lowest BCUT2D eigenvalue weighted by molar-refractivity contribution is -0.346. The van der Waals surface area contributed by atoms with Crippen molar-refractivity contribution >= 4 is 52.7 Å². The standard InChI is InChI=1S/C38H60O17S/c1-23(39)47-21-31-34(55-38-37(52-28(6)44)36(51-27(5)43)35(50-26(4)42)32(54-38)22-48-24(2)40)30(49-25(3)41)20-33(53-31)46-18-16-14-12-10-8-9-11-13-15-17-19-56-29(7)45/h30-38H,8-22H2,1-7H3/t30-,31-,32-,33+,34+,35+,36+,37-,38+/m1/s1. The van der Waals surface area contributed by atoms with E-state index in [-0.39, 0.29) is 18.1 Å². The summed E-state index contributed by atoms with van der Waals surface area (Å²) in [6, 6.07) is 0. The molecule has 2 rings (SSSR count). The average Bonchev–Trinajstić information content (AvgIpc) is 3.09. The highest BCUT2D eigenvalue weighted by Gasteiger charge is 2.55. The van der Waals surface area contributed by atoms with Crippen LogP contribution in [0, 0.1) is 0 Å². The lowest BCUT2D eigenvalue weighted by atomic mass is 9.97. The molecule has 2 aliphatic rings. The van der Waals surface area contributed by atoms with E-state index in [1.807, 2.05) is 0 Å². The first-order chi connectivity index (χ1) is 26.6. The zero-order valence-electron chi connectivity index (χ0n) is 33.7. The van der Waals surface area contributed by atoms with Crippen molar-refractivity contribution < 1.29 is 80.9 Å². The number of unbranched alkanes of at least 4 members (excludes halogenated alkanes) is 9. The molecule has 56 heavy (non-hydrogen) atoms. The SMILES string of the molecule is CC(=O)OC[C@H]1O[C@H](OCCCCCCCCCCCCSC(C)=O)C[C@@H](OC(C)=O)[C@@H]1O[C@@H]1O[C@H](COC(C)=O)[C@H](OC(C)=O)[C@H](OC(C)=O)[C@H]1OC(C)=O. The Kier molecular flexibility index (Phi) is 23.2. The Morgan fingerprint density at radius 1 is 0.518 bits per heavy atom. The highest BCUT2D eigenvalue weighted by Crippen LogP contribution is 2.34. The van der Waals surface area contributed by atoms with Gasteiger partial charge < -0.3 is 47.4 Å². The van der Waals surface area contributed by atoms with Crippen LogP contribution in [0.5, 0.6) is 0 Å². The van der Waals surface area contributed by atoms with Crippen LogP contribution < -0.4 is 0 Å². The second kappa shape index (κ2) is 26.6. The molecule has 2 aliphatic heterocycles. The summed E-state index contributed by atoms with van der Waals surface area (Å²) in [5, 5.41) is 0.169. The third kappa shape index (κ3) is 19.7. The van der Waals surface area contributed by atoms with Crippen LogP contribution >= 0.6 is 11.8 Å². The third-order valence-electron chi connectivity index (χ3n) is 8.64. The molecule has 0 radical (unpaired) electrons. The van der Waals surface area contributed by atoms with Crippen LogP contribution in [0.3, 0.4) is 0 Å². The van der Waals surface area contributed by atoms with Gasteiger partial charge in [-0.15, -0.1) is 0 Å². The highest BCUT2D eigenvalue weighted by atomic mass is 32.2. The molecule has 0 saturated carbocycles. The van der Waals surface area contributed by atoms with E-state index < -0.39 is 97.7 Å². The van der Waals surface area contributed by atoms with Crippen LogP contribution in [0.4, 0.5) is 0 Å². The fraction of sp³-hybridized carbons (Fsp3) is 0.816.